The van der Waals surface area contributed by atoms with Crippen LogP contribution in [-0.4, -0.2) is 59.1 Å². The van der Waals surface area contributed by atoms with Gasteiger partial charge in [0, 0.05) is 38.1 Å². The number of hydrogen-bond acceptors (Lipinski definition) is 3. The second-order valence-corrected chi connectivity index (χ2v) is 7.43. The second kappa shape index (κ2) is 6.45. The normalized spacial score (nSPS) is 33.7. The van der Waals surface area contributed by atoms with Crippen LogP contribution in [0.4, 0.5) is 4.39 Å². The van der Waals surface area contributed by atoms with Crippen molar-refractivity contribution >= 4 is 5.91 Å². The van der Waals surface area contributed by atoms with E-state index in [9.17, 15) is 14.3 Å². The van der Waals surface area contributed by atoms with E-state index in [-0.39, 0.29) is 35.7 Å². The van der Waals surface area contributed by atoms with Crippen LogP contribution in [0, 0.1) is 11.7 Å². The first-order chi connectivity index (χ1) is 11.6. The van der Waals surface area contributed by atoms with Crippen LogP contribution in [0.15, 0.2) is 24.3 Å². The average Bonchev–Trinajstić information content (AvgIpc) is 3.29. The molecule has 130 valence electrons. The third kappa shape index (κ3) is 3.07. The molecule has 1 heterocycles. The number of rotatable bonds is 3. The Hall–Kier alpha value is -1.46. The van der Waals surface area contributed by atoms with Crippen LogP contribution in [0.3, 0.4) is 0 Å². The largest absolute Gasteiger partial charge is 0.391 e. The number of hydrogen-bond donors (Lipinski definition) is 1. The van der Waals surface area contributed by atoms with Crippen LogP contribution < -0.4 is 0 Å². The average molecular weight is 332 g/mol. The summed E-state index contributed by atoms with van der Waals surface area (Å²) in [6.07, 6.45) is 3.71. The van der Waals surface area contributed by atoms with Gasteiger partial charge in [0.2, 0.25) is 5.91 Å². The highest BCUT2D eigenvalue weighted by Gasteiger charge is 2.46. The van der Waals surface area contributed by atoms with Crippen molar-refractivity contribution < 1.29 is 14.3 Å². The summed E-state index contributed by atoms with van der Waals surface area (Å²) in [6.45, 7) is 3.19. The lowest BCUT2D eigenvalue weighted by molar-refractivity contribution is -0.135. The van der Waals surface area contributed by atoms with Crippen LogP contribution in [0.2, 0.25) is 0 Å². The molecule has 5 heteroatoms. The van der Waals surface area contributed by atoms with Gasteiger partial charge in [-0.3, -0.25) is 9.69 Å². The molecule has 0 bridgehead atoms. The Bertz CT molecular complexity index is 615. The molecule has 3 fully saturated rings. The van der Waals surface area contributed by atoms with Crippen molar-refractivity contribution in [1.82, 2.24) is 9.80 Å². The fourth-order valence-electron chi connectivity index (χ4n) is 4.43. The fraction of sp³-hybridized carbons (Fsp3) is 0.632. The SMILES string of the molecule is O=C([C@@H]1C[C@@H]1c1cccc(F)c1)N1CCN([C@@H]2CCC[C@H]2O)CC1. The standard InChI is InChI=1S/C19H25FN2O2/c20-14-4-1-3-13(11-14)15-12-16(15)19(24)22-9-7-21(8-10-22)17-5-2-6-18(17)23/h1,3-4,11,15-18,23H,2,5-10,12H2/t15-,16-,17-,18-/m1/s1. The minimum atomic E-state index is -0.227. The maximum absolute atomic E-state index is 13.3. The minimum Gasteiger partial charge on any atom is -0.391 e. The predicted octanol–water partition coefficient (Wildman–Crippen LogP) is 1.99. The molecule has 1 amide bonds. The van der Waals surface area contributed by atoms with Gasteiger partial charge < -0.3 is 10.0 Å². The number of piperazine rings is 1. The van der Waals surface area contributed by atoms with E-state index in [0.29, 0.717) is 0 Å². The maximum Gasteiger partial charge on any atom is 0.226 e. The van der Waals surface area contributed by atoms with E-state index in [1.165, 1.54) is 6.07 Å². The Morgan fingerprint density at radius 3 is 2.62 bits per heavy atom. The minimum absolute atomic E-state index is 0.0235. The van der Waals surface area contributed by atoms with E-state index in [1.807, 2.05) is 11.0 Å². The third-order valence-electron chi connectivity index (χ3n) is 5.92. The Balaban J connectivity index is 1.31. The number of aliphatic hydroxyl groups is 1. The van der Waals surface area contributed by atoms with Gasteiger partial charge in [0.25, 0.3) is 0 Å². The molecule has 0 radical (unpaired) electrons. The molecule has 0 spiro atoms. The first-order valence-corrected chi connectivity index (χ1v) is 9.10. The summed E-state index contributed by atoms with van der Waals surface area (Å²) < 4.78 is 13.3. The summed E-state index contributed by atoms with van der Waals surface area (Å²) in [5.41, 5.74) is 0.945. The van der Waals surface area contributed by atoms with Crippen molar-refractivity contribution in [3.8, 4) is 0 Å². The van der Waals surface area contributed by atoms with Crippen LogP contribution in [-0.2, 0) is 4.79 Å². The smallest absolute Gasteiger partial charge is 0.226 e. The highest BCUT2D eigenvalue weighted by molar-refractivity contribution is 5.83. The van der Waals surface area contributed by atoms with E-state index < -0.39 is 0 Å². The molecule has 4 rings (SSSR count). The van der Waals surface area contributed by atoms with E-state index in [1.54, 1.807) is 12.1 Å². The van der Waals surface area contributed by atoms with Crippen molar-refractivity contribution in [3.63, 3.8) is 0 Å². The zero-order valence-electron chi connectivity index (χ0n) is 13.9. The van der Waals surface area contributed by atoms with Gasteiger partial charge in [-0.05, 0) is 49.3 Å². The molecule has 2 aliphatic carbocycles. The lowest BCUT2D eigenvalue weighted by atomic mass is 10.1. The van der Waals surface area contributed by atoms with Gasteiger partial charge in [0.1, 0.15) is 5.82 Å². The molecule has 24 heavy (non-hydrogen) atoms. The van der Waals surface area contributed by atoms with E-state index >= 15 is 0 Å². The summed E-state index contributed by atoms with van der Waals surface area (Å²) in [5, 5.41) is 10.0. The molecule has 3 aliphatic rings. The van der Waals surface area contributed by atoms with E-state index in [4.69, 9.17) is 0 Å². The molecule has 1 saturated heterocycles. The first-order valence-electron chi connectivity index (χ1n) is 9.10. The Labute approximate surface area is 142 Å². The fourth-order valence-corrected chi connectivity index (χ4v) is 4.43. The monoisotopic (exact) mass is 332 g/mol. The van der Waals surface area contributed by atoms with E-state index in [0.717, 1.165) is 57.4 Å². The highest BCUT2D eigenvalue weighted by atomic mass is 19.1. The number of carbonyl (C=O) groups excluding carboxylic acids is 1. The van der Waals surface area contributed by atoms with Crippen LogP contribution in [0.5, 0.6) is 0 Å². The molecule has 0 aromatic heterocycles. The Morgan fingerprint density at radius 1 is 1.17 bits per heavy atom. The summed E-state index contributed by atoms with van der Waals surface area (Å²) >= 11 is 0. The molecule has 0 unspecified atom stereocenters. The van der Waals surface area contributed by atoms with Crippen molar-refractivity contribution in [2.24, 2.45) is 5.92 Å². The molecule has 4 nitrogen and oxygen atoms in total. The van der Waals surface area contributed by atoms with E-state index in [2.05, 4.69) is 4.90 Å². The molecular formula is C19H25FN2O2. The topological polar surface area (TPSA) is 43.8 Å². The number of aliphatic hydroxyl groups excluding tert-OH is 1. The van der Waals surface area contributed by atoms with Crippen molar-refractivity contribution in [2.45, 2.75) is 43.7 Å². The quantitative estimate of drug-likeness (QED) is 0.921. The summed E-state index contributed by atoms with van der Waals surface area (Å²) in [7, 11) is 0. The van der Waals surface area contributed by atoms with Gasteiger partial charge in [-0.15, -0.1) is 0 Å². The van der Waals surface area contributed by atoms with Crippen molar-refractivity contribution in [3.05, 3.63) is 35.6 Å². The number of benzene rings is 1. The lowest BCUT2D eigenvalue weighted by Crippen LogP contribution is -2.54. The molecule has 4 atom stereocenters. The molecule has 1 aliphatic heterocycles. The van der Waals surface area contributed by atoms with Gasteiger partial charge in [-0.1, -0.05) is 12.1 Å². The zero-order chi connectivity index (χ0) is 16.7. The summed E-state index contributed by atoms with van der Waals surface area (Å²) in [5.74, 6) is 0.198. The molecule has 2 saturated carbocycles. The van der Waals surface area contributed by atoms with Crippen LogP contribution >= 0.6 is 0 Å². The van der Waals surface area contributed by atoms with Gasteiger partial charge in [0.15, 0.2) is 0 Å². The highest BCUT2D eigenvalue weighted by Crippen LogP contribution is 2.48. The summed E-state index contributed by atoms with van der Waals surface area (Å²) in [4.78, 5) is 17.0. The first kappa shape index (κ1) is 16.0. The second-order valence-electron chi connectivity index (χ2n) is 7.43. The Morgan fingerprint density at radius 2 is 1.96 bits per heavy atom. The van der Waals surface area contributed by atoms with Crippen molar-refractivity contribution in [2.75, 3.05) is 26.2 Å². The van der Waals surface area contributed by atoms with Crippen molar-refractivity contribution in [1.29, 1.82) is 0 Å². The molecule has 1 N–H and O–H groups in total. The summed E-state index contributed by atoms with van der Waals surface area (Å²) in [6, 6.07) is 6.91. The number of carbonyl (C=O) groups is 1. The van der Waals surface area contributed by atoms with Gasteiger partial charge >= 0.3 is 0 Å². The van der Waals surface area contributed by atoms with Gasteiger partial charge in [-0.2, -0.15) is 0 Å². The number of amides is 1. The number of halogens is 1. The van der Waals surface area contributed by atoms with Crippen LogP contribution in [0.25, 0.3) is 0 Å². The molecule has 1 aromatic carbocycles. The van der Waals surface area contributed by atoms with Gasteiger partial charge in [-0.25, -0.2) is 4.39 Å². The van der Waals surface area contributed by atoms with Crippen LogP contribution in [0.1, 0.15) is 37.2 Å². The maximum atomic E-state index is 13.3. The Kier molecular flexibility index (Phi) is 4.31. The lowest BCUT2D eigenvalue weighted by Gasteiger charge is -2.39. The molecule has 1 aromatic rings. The van der Waals surface area contributed by atoms with Gasteiger partial charge in [0.05, 0.1) is 6.10 Å². The predicted molar refractivity (Wildman–Crippen MR) is 89.0 cm³/mol. The zero-order valence-corrected chi connectivity index (χ0v) is 13.9. The molecular weight excluding hydrogens is 307 g/mol. The third-order valence-corrected chi connectivity index (χ3v) is 5.92. The number of nitrogens with zero attached hydrogens (tertiary/aromatic N) is 2.